The fourth-order valence-electron chi connectivity index (χ4n) is 0.393. The summed E-state index contributed by atoms with van der Waals surface area (Å²) in [6, 6.07) is 0. The van der Waals surface area contributed by atoms with Crippen molar-refractivity contribution < 1.29 is 33.5 Å². The Morgan fingerprint density at radius 1 is 0.778 bits per heavy atom. The van der Waals surface area contributed by atoms with E-state index in [9.17, 15) is 0 Å². The Bertz CT molecular complexity index is 70.3. The van der Waals surface area contributed by atoms with Crippen molar-refractivity contribution in [3.05, 3.63) is 24.3 Å². The third-order valence-corrected chi connectivity index (χ3v) is 0.655. The largest absolute Gasteiger partial charge is 0.412 e. The van der Waals surface area contributed by atoms with Gasteiger partial charge in [-0.15, -0.1) is 0 Å². The van der Waals surface area contributed by atoms with Gasteiger partial charge in [-0.1, -0.05) is 24.3 Å². The summed E-state index contributed by atoms with van der Waals surface area (Å²) >= 11 is 0. The van der Waals surface area contributed by atoms with Gasteiger partial charge in [0.25, 0.3) is 0 Å². The topological polar surface area (TPSA) is 94.5 Å². The van der Waals surface area contributed by atoms with E-state index < -0.39 is 0 Å². The van der Waals surface area contributed by atoms with Gasteiger partial charge < -0.3 is 16.4 Å². The molecule has 0 unspecified atom stereocenters. The zero-order valence-electron chi connectivity index (χ0n) is 4.89. The number of allylic oxidation sites excluding steroid dienone is 4. The summed E-state index contributed by atoms with van der Waals surface area (Å²) < 4.78 is 0. The van der Waals surface area contributed by atoms with Crippen LogP contribution >= 0.6 is 0 Å². The molecular weight excluding hydrogens is 163 g/mol. The maximum atomic E-state index is 2.12. The second-order valence-electron chi connectivity index (χ2n) is 1.09. The van der Waals surface area contributed by atoms with Gasteiger partial charge in [0, 0.05) is 17.1 Å². The molecule has 0 amide bonds. The Kier molecular flexibility index (Phi) is 40.3. The Morgan fingerprint density at radius 2 is 1.11 bits per heavy atom. The van der Waals surface area contributed by atoms with E-state index in [2.05, 4.69) is 24.3 Å². The third-order valence-electron chi connectivity index (χ3n) is 0.655. The van der Waals surface area contributed by atoms with Crippen molar-refractivity contribution in [3.63, 3.8) is 0 Å². The minimum atomic E-state index is 0. The van der Waals surface area contributed by atoms with Crippen LogP contribution in [0.5, 0.6) is 0 Å². The fraction of sp³-hybridized carbons (Fsp3) is 0.200. The van der Waals surface area contributed by atoms with Gasteiger partial charge in [0.2, 0.25) is 0 Å². The molecule has 1 radical (unpaired) electrons. The van der Waals surface area contributed by atoms with Crippen molar-refractivity contribution in [1.29, 1.82) is 0 Å². The van der Waals surface area contributed by atoms with Crippen LogP contribution in [-0.4, -0.2) is 16.4 Å². The first kappa shape index (κ1) is 23.2. The maximum Gasteiger partial charge on any atom is 0 e. The maximum absolute atomic E-state index is 2.12. The molecule has 0 fully saturated rings. The van der Waals surface area contributed by atoms with Gasteiger partial charge in [0.1, 0.15) is 0 Å². The van der Waals surface area contributed by atoms with E-state index in [4.69, 9.17) is 0 Å². The van der Waals surface area contributed by atoms with Gasteiger partial charge in [0.05, 0.1) is 0 Å². The molecule has 0 heterocycles. The van der Waals surface area contributed by atoms with E-state index in [1.807, 2.05) is 0 Å². The van der Waals surface area contributed by atoms with Gasteiger partial charge in [0.15, 0.2) is 0 Å². The molecule has 0 spiro atoms. The van der Waals surface area contributed by atoms with Gasteiger partial charge in [-0.05, 0) is 6.42 Å². The SMILES string of the molecule is C1=CCC=C1.O.O.O.[Mn]. The van der Waals surface area contributed by atoms with Crippen LogP contribution in [0.3, 0.4) is 0 Å². The van der Waals surface area contributed by atoms with Gasteiger partial charge in [-0.2, -0.15) is 0 Å². The summed E-state index contributed by atoms with van der Waals surface area (Å²) in [6.07, 6.45) is 9.50. The van der Waals surface area contributed by atoms with Crippen molar-refractivity contribution in [2.24, 2.45) is 0 Å². The van der Waals surface area contributed by atoms with Crippen LogP contribution in [0.2, 0.25) is 0 Å². The van der Waals surface area contributed by atoms with E-state index in [1.54, 1.807) is 0 Å². The van der Waals surface area contributed by atoms with Crippen LogP contribution in [0.4, 0.5) is 0 Å². The molecule has 0 aromatic heterocycles. The molecule has 57 valence electrons. The molecule has 0 aromatic carbocycles. The summed E-state index contributed by atoms with van der Waals surface area (Å²) in [4.78, 5) is 0. The van der Waals surface area contributed by atoms with Gasteiger partial charge >= 0.3 is 0 Å². The minimum Gasteiger partial charge on any atom is -0.412 e. The number of rotatable bonds is 0. The second-order valence-corrected chi connectivity index (χ2v) is 1.09. The molecule has 0 aromatic rings. The first-order chi connectivity index (χ1) is 2.50. The molecule has 0 bridgehead atoms. The predicted octanol–water partition coefficient (Wildman–Crippen LogP) is -0.974. The molecule has 1 rings (SSSR count). The predicted molar refractivity (Wildman–Crippen MR) is 33.7 cm³/mol. The molecule has 0 aliphatic heterocycles. The molecule has 0 saturated carbocycles. The zero-order chi connectivity index (χ0) is 3.54. The van der Waals surface area contributed by atoms with Crippen LogP contribution in [0.25, 0.3) is 0 Å². The summed E-state index contributed by atoms with van der Waals surface area (Å²) in [5, 5.41) is 0. The number of hydrogen-bond acceptors (Lipinski definition) is 0. The fourth-order valence-corrected chi connectivity index (χ4v) is 0.393. The summed E-state index contributed by atoms with van der Waals surface area (Å²) in [5.74, 6) is 0. The van der Waals surface area contributed by atoms with Crippen LogP contribution in [0, 0.1) is 0 Å². The molecule has 6 N–H and O–H groups in total. The van der Waals surface area contributed by atoms with Crippen LogP contribution in [-0.2, 0) is 17.1 Å². The van der Waals surface area contributed by atoms with Crippen LogP contribution in [0.1, 0.15) is 6.42 Å². The van der Waals surface area contributed by atoms with Crippen molar-refractivity contribution in [2.75, 3.05) is 0 Å². The number of hydrogen-bond donors (Lipinski definition) is 0. The smallest absolute Gasteiger partial charge is 0 e. The monoisotopic (exact) mass is 175 g/mol. The Morgan fingerprint density at radius 3 is 1.22 bits per heavy atom. The van der Waals surface area contributed by atoms with Crippen molar-refractivity contribution in [3.8, 4) is 0 Å². The van der Waals surface area contributed by atoms with Crippen LogP contribution in [0.15, 0.2) is 24.3 Å². The van der Waals surface area contributed by atoms with E-state index in [0.29, 0.717) is 0 Å². The van der Waals surface area contributed by atoms with Gasteiger partial charge in [-0.25, -0.2) is 0 Å². The first-order valence-electron chi connectivity index (χ1n) is 1.82. The Balaban J connectivity index is -0.0000000312. The average Bonchev–Trinajstić information content (AvgIpc) is 1.76. The molecule has 0 saturated heterocycles. The quantitative estimate of drug-likeness (QED) is 0.423. The Labute approximate surface area is 64.9 Å². The molecule has 1 aliphatic carbocycles. The molecule has 1 aliphatic rings. The second kappa shape index (κ2) is 15.7. The average molecular weight is 175 g/mol. The van der Waals surface area contributed by atoms with Crippen molar-refractivity contribution >= 4 is 0 Å². The molecule has 0 atom stereocenters. The van der Waals surface area contributed by atoms with Gasteiger partial charge in [-0.3, -0.25) is 0 Å². The van der Waals surface area contributed by atoms with E-state index in [1.165, 1.54) is 0 Å². The summed E-state index contributed by atoms with van der Waals surface area (Å²) in [6.45, 7) is 0. The van der Waals surface area contributed by atoms with E-state index >= 15 is 0 Å². The Hall–Kier alpha value is -0.121. The minimum absolute atomic E-state index is 0. The summed E-state index contributed by atoms with van der Waals surface area (Å²) in [7, 11) is 0. The van der Waals surface area contributed by atoms with Crippen molar-refractivity contribution in [1.82, 2.24) is 0 Å². The molecule has 3 nitrogen and oxygen atoms in total. The molecular formula is C5H12MnO3. The first-order valence-corrected chi connectivity index (χ1v) is 1.82. The molecule has 9 heavy (non-hydrogen) atoms. The normalized spacial score (nSPS) is 9.78. The zero-order valence-corrected chi connectivity index (χ0v) is 6.07. The van der Waals surface area contributed by atoms with E-state index in [0.717, 1.165) is 6.42 Å². The van der Waals surface area contributed by atoms with Crippen LogP contribution < -0.4 is 0 Å². The van der Waals surface area contributed by atoms with E-state index in [-0.39, 0.29) is 33.5 Å². The summed E-state index contributed by atoms with van der Waals surface area (Å²) in [5.41, 5.74) is 0. The van der Waals surface area contributed by atoms with Crippen molar-refractivity contribution in [2.45, 2.75) is 6.42 Å². The third kappa shape index (κ3) is 11.4. The molecule has 4 heteroatoms. The standard InChI is InChI=1S/C5H6.Mn.3H2O/c1-2-4-5-3-1;;;;/h1-4H,5H2;;3*1H2.